The Morgan fingerprint density at radius 1 is 1.28 bits per heavy atom. The molecule has 5 heteroatoms. The third-order valence-corrected chi connectivity index (χ3v) is 5.51. The lowest BCUT2D eigenvalue weighted by Gasteiger charge is -2.34. The van der Waals surface area contributed by atoms with Gasteiger partial charge in [0.1, 0.15) is 5.60 Å². The van der Waals surface area contributed by atoms with Crippen molar-refractivity contribution >= 4 is 12.1 Å². The Hall–Kier alpha value is -1.26. The molecule has 5 fully saturated rings. The van der Waals surface area contributed by atoms with Crippen LogP contribution in [0.5, 0.6) is 0 Å². The van der Waals surface area contributed by atoms with E-state index < -0.39 is 28.6 Å². The maximum Gasteiger partial charge on any atom is 0.408 e. The van der Waals surface area contributed by atoms with Crippen molar-refractivity contribution in [3.8, 4) is 0 Å². The molecular formula is C13H17NO4. The maximum atomic E-state index is 11.9. The van der Waals surface area contributed by atoms with Crippen molar-refractivity contribution < 1.29 is 19.4 Å². The van der Waals surface area contributed by atoms with Crippen LogP contribution in [0.2, 0.25) is 0 Å². The highest BCUT2D eigenvalue weighted by Gasteiger charge is 3.07. The molecule has 1 amide bonds. The normalized spacial score (nSPS) is 53.1. The summed E-state index contributed by atoms with van der Waals surface area (Å²) in [5, 5.41) is 12.3. The highest BCUT2D eigenvalue weighted by Crippen LogP contribution is 3.00. The quantitative estimate of drug-likeness (QED) is 0.774. The Morgan fingerprint density at radius 2 is 1.94 bits per heavy atom. The number of nitrogens with one attached hydrogen (secondary N) is 1. The lowest BCUT2D eigenvalue weighted by molar-refractivity contribution is -0.148. The van der Waals surface area contributed by atoms with Crippen LogP contribution in [-0.4, -0.2) is 28.3 Å². The molecule has 5 saturated carbocycles. The number of hydrogen-bond acceptors (Lipinski definition) is 3. The average Bonchev–Trinajstić information content (AvgIpc) is 2.77. The molecule has 0 aromatic rings. The predicted octanol–water partition coefficient (Wildman–Crippen LogP) is 1.23. The van der Waals surface area contributed by atoms with Gasteiger partial charge in [-0.1, -0.05) is 0 Å². The molecule has 5 aliphatic rings. The number of carboxylic acid groups (broad SMARTS) is 1. The van der Waals surface area contributed by atoms with Gasteiger partial charge in [-0.05, 0) is 50.9 Å². The fraction of sp³-hybridized carbons (Fsp3) is 0.846. The van der Waals surface area contributed by atoms with E-state index in [1.807, 2.05) is 20.8 Å². The summed E-state index contributed by atoms with van der Waals surface area (Å²) in [4.78, 5) is 23.4. The standard InChI is InChI=1S/C13H17NO4/c1-11(2,3)18-10(17)14-13-6-4-5-7(8(6)13)12(5,13)9(15)16/h5-8H,4H2,1-3H3,(H,14,17)(H,15,16). The Kier molecular flexibility index (Phi) is 1.42. The van der Waals surface area contributed by atoms with Crippen LogP contribution in [0, 0.1) is 29.1 Å². The molecule has 0 heterocycles. The molecule has 0 spiro atoms. The van der Waals surface area contributed by atoms with Gasteiger partial charge in [-0.3, -0.25) is 4.79 Å². The highest BCUT2D eigenvalue weighted by atomic mass is 16.6. The van der Waals surface area contributed by atoms with Crippen molar-refractivity contribution in [2.45, 2.75) is 38.3 Å². The first kappa shape index (κ1) is 10.6. The minimum absolute atomic E-state index is 0.305. The van der Waals surface area contributed by atoms with Crippen LogP contribution in [-0.2, 0) is 9.53 Å². The smallest absolute Gasteiger partial charge is 0.408 e. The number of amides is 1. The van der Waals surface area contributed by atoms with Gasteiger partial charge in [-0.25, -0.2) is 4.79 Å². The van der Waals surface area contributed by atoms with Crippen molar-refractivity contribution in [3.05, 3.63) is 0 Å². The number of rotatable bonds is 2. The van der Waals surface area contributed by atoms with Crippen LogP contribution in [0.4, 0.5) is 4.79 Å². The van der Waals surface area contributed by atoms with Gasteiger partial charge < -0.3 is 15.2 Å². The molecule has 2 N–H and O–H groups in total. The Bertz CT molecular complexity index is 484. The van der Waals surface area contributed by atoms with Crippen LogP contribution in [0.3, 0.4) is 0 Å². The SMILES string of the molecule is CC(C)(C)OC(=O)NC12C3CC4C(C31)C42C(=O)O. The van der Waals surface area contributed by atoms with Crippen LogP contribution in [0.1, 0.15) is 27.2 Å². The number of carbonyl (C=O) groups excluding carboxylic acids is 1. The summed E-state index contributed by atoms with van der Waals surface area (Å²) in [5.74, 6) is 0.696. The zero-order valence-corrected chi connectivity index (χ0v) is 10.7. The van der Waals surface area contributed by atoms with E-state index in [2.05, 4.69) is 5.32 Å². The van der Waals surface area contributed by atoms with E-state index in [0.717, 1.165) is 6.42 Å². The Balaban J connectivity index is 1.55. The highest BCUT2D eigenvalue weighted by molar-refractivity contribution is 5.91. The number of aliphatic carboxylic acids is 1. The third kappa shape index (κ3) is 0.780. The Morgan fingerprint density at radius 3 is 2.39 bits per heavy atom. The van der Waals surface area contributed by atoms with Gasteiger partial charge in [0.05, 0.1) is 11.0 Å². The van der Waals surface area contributed by atoms with Crippen LogP contribution < -0.4 is 5.32 Å². The van der Waals surface area contributed by atoms with Gasteiger partial charge in [0, 0.05) is 0 Å². The fourth-order valence-electron chi connectivity index (χ4n) is 5.28. The third-order valence-electron chi connectivity index (χ3n) is 5.51. The summed E-state index contributed by atoms with van der Waals surface area (Å²) < 4.78 is 5.25. The molecule has 98 valence electrons. The topological polar surface area (TPSA) is 75.6 Å². The first-order valence-electron chi connectivity index (χ1n) is 6.51. The molecule has 2 bridgehead atoms. The fourth-order valence-corrected chi connectivity index (χ4v) is 5.28. The van der Waals surface area contributed by atoms with Gasteiger partial charge in [0.25, 0.3) is 0 Å². The molecule has 6 atom stereocenters. The Labute approximate surface area is 105 Å². The van der Waals surface area contributed by atoms with E-state index >= 15 is 0 Å². The van der Waals surface area contributed by atoms with E-state index in [1.165, 1.54) is 0 Å². The largest absolute Gasteiger partial charge is 0.481 e. The summed E-state index contributed by atoms with van der Waals surface area (Å²) in [7, 11) is 0. The predicted molar refractivity (Wildman–Crippen MR) is 60.7 cm³/mol. The monoisotopic (exact) mass is 251 g/mol. The summed E-state index contributed by atoms with van der Waals surface area (Å²) in [6, 6.07) is 0. The van der Waals surface area contributed by atoms with Gasteiger partial charge in [-0.2, -0.15) is 0 Å². The first-order valence-corrected chi connectivity index (χ1v) is 6.51. The molecule has 0 aliphatic heterocycles. The summed E-state index contributed by atoms with van der Waals surface area (Å²) >= 11 is 0. The van der Waals surface area contributed by atoms with Gasteiger partial charge in [0.2, 0.25) is 0 Å². The number of hydrogen-bond donors (Lipinski definition) is 2. The van der Waals surface area contributed by atoms with E-state index in [0.29, 0.717) is 23.7 Å². The number of carbonyl (C=O) groups is 2. The summed E-state index contributed by atoms with van der Waals surface area (Å²) in [6.45, 7) is 5.42. The summed E-state index contributed by atoms with van der Waals surface area (Å²) in [5.41, 5.74) is -1.65. The molecule has 0 saturated heterocycles. The van der Waals surface area contributed by atoms with Crippen molar-refractivity contribution in [3.63, 3.8) is 0 Å². The first-order chi connectivity index (χ1) is 8.27. The van der Waals surface area contributed by atoms with E-state index in [-0.39, 0.29) is 0 Å². The zero-order chi connectivity index (χ0) is 13.1. The van der Waals surface area contributed by atoms with E-state index in [1.54, 1.807) is 0 Å². The molecule has 0 radical (unpaired) electrons. The number of alkyl carbamates (subject to hydrolysis) is 1. The average molecular weight is 251 g/mol. The maximum absolute atomic E-state index is 11.9. The number of carboxylic acids is 1. The molecule has 18 heavy (non-hydrogen) atoms. The van der Waals surface area contributed by atoms with Crippen molar-refractivity contribution in [2.24, 2.45) is 29.1 Å². The van der Waals surface area contributed by atoms with Crippen LogP contribution >= 0.6 is 0 Å². The minimum Gasteiger partial charge on any atom is -0.481 e. The molecule has 5 rings (SSSR count). The van der Waals surface area contributed by atoms with E-state index in [9.17, 15) is 14.7 Å². The molecule has 6 unspecified atom stereocenters. The van der Waals surface area contributed by atoms with E-state index in [4.69, 9.17) is 4.74 Å². The molecule has 0 aromatic carbocycles. The van der Waals surface area contributed by atoms with Crippen molar-refractivity contribution in [2.75, 3.05) is 0 Å². The molecule has 5 nitrogen and oxygen atoms in total. The second kappa shape index (κ2) is 2.40. The number of ether oxygens (including phenoxy) is 1. The van der Waals surface area contributed by atoms with Gasteiger partial charge >= 0.3 is 12.1 Å². The summed E-state index contributed by atoms with van der Waals surface area (Å²) in [6.07, 6.45) is 0.499. The minimum atomic E-state index is -0.732. The van der Waals surface area contributed by atoms with Crippen molar-refractivity contribution in [1.82, 2.24) is 5.32 Å². The lowest BCUT2D eigenvalue weighted by atomic mass is 9.78. The molecular weight excluding hydrogens is 234 g/mol. The zero-order valence-electron chi connectivity index (χ0n) is 10.7. The second-order valence-electron chi connectivity index (χ2n) is 7.17. The van der Waals surface area contributed by atoms with Crippen molar-refractivity contribution in [1.29, 1.82) is 0 Å². The van der Waals surface area contributed by atoms with Crippen LogP contribution in [0.25, 0.3) is 0 Å². The van der Waals surface area contributed by atoms with Gasteiger partial charge in [0.15, 0.2) is 0 Å². The lowest BCUT2D eigenvalue weighted by Crippen LogP contribution is -2.56. The molecule has 0 aromatic heterocycles. The second-order valence-corrected chi connectivity index (χ2v) is 7.17. The van der Waals surface area contributed by atoms with Crippen LogP contribution in [0.15, 0.2) is 0 Å². The van der Waals surface area contributed by atoms with Gasteiger partial charge in [-0.15, -0.1) is 0 Å². The molecule has 5 aliphatic carbocycles.